The van der Waals surface area contributed by atoms with Crippen LogP contribution in [0.3, 0.4) is 0 Å². The van der Waals surface area contributed by atoms with E-state index in [-0.39, 0.29) is 18.1 Å². The van der Waals surface area contributed by atoms with Crippen molar-refractivity contribution in [1.29, 1.82) is 5.26 Å². The average molecular weight is 365 g/mol. The number of nitrogens with one attached hydrogen (secondary N) is 1. The number of rotatable bonds is 6. The van der Waals surface area contributed by atoms with Gasteiger partial charge >= 0.3 is 0 Å². The Balaban J connectivity index is 1.56. The highest BCUT2D eigenvalue weighted by Crippen LogP contribution is 2.30. The molecule has 1 fully saturated rings. The zero-order valence-corrected chi connectivity index (χ0v) is 15.7. The van der Waals surface area contributed by atoms with Crippen molar-refractivity contribution in [3.05, 3.63) is 53.6 Å². The monoisotopic (exact) mass is 365 g/mol. The molecule has 140 valence electrons. The number of benzene rings is 2. The summed E-state index contributed by atoms with van der Waals surface area (Å²) in [5.41, 5.74) is 2.53. The number of hydrogen-bond acceptors (Lipinski definition) is 5. The third-order valence-corrected chi connectivity index (χ3v) is 4.62. The Labute approximate surface area is 159 Å². The summed E-state index contributed by atoms with van der Waals surface area (Å²) >= 11 is 0. The minimum atomic E-state index is -0.0485. The molecule has 2 aromatic carbocycles. The fraction of sp³-hybridized carbons (Fsp3) is 0.333. The van der Waals surface area contributed by atoms with E-state index in [4.69, 9.17) is 9.47 Å². The second kappa shape index (κ2) is 8.00. The molecule has 0 bridgehead atoms. The molecule has 0 aromatic heterocycles. The summed E-state index contributed by atoms with van der Waals surface area (Å²) in [4.78, 5) is 13.3. The van der Waals surface area contributed by atoms with Gasteiger partial charge in [0.2, 0.25) is 5.91 Å². The van der Waals surface area contributed by atoms with Gasteiger partial charge in [-0.25, -0.2) is 0 Å². The van der Waals surface area contributed by atoms with Crippen molar-refractivity contribution in [2.75, 3.05) is 25.1 Å². The molecule has 1 aliphatic heterocycles. The highest BCUT2D eigenvalue weighted by molar-refractivity contribution is 5.73. The fourth-order valence-electron chi connectivity index (χ4n) is 3.13. The number of anilines is 1. The smallest absolute Gasteiger partial charge is 0.217 e. The van der Waals surface area contributed by atoms with E-state index in [2.05, 4.69) is 16.3 Å². The second-order valence-electron chi connectivity index (χ2n) is 6.63. The Morgan fingerprint density at radius 3 is 2.48 bits per heavy atom. The first kappa shape index (κ1) is 18.6. The Kier molecular flexibility index (Phi) is 5.51. The zero-order valence-electron chi connectivity index (χ0n) is 15.7. The Hall–Kier alpha value is -3.20. The summed E-state index contributed by atoms with van der Waals surface area (Å²) in [6, 6.07) is 15.5. The normalized spacial score (nSPS) is 14.7. The van der Waals surface area contributed by atoms with Crippen molar-refractivity contribution in [2.45, 2.75) is 26.0 Å². The van der Waals surface area contributed by atoms with Crippen LogP contribution in [0.25, 0.3) is 0 Å². The van der Waals surface area contributed by atoms with Crippen molar-refractivity contribution in [3.63, 3.8) is 0 Å². The fourth-order valence-corrected chi connectivity index (χ4v) is 3.13. The summed E-state index contributed by atoms with van der Waals surface area (Å²) < 4.78 is 11.2. The molecule has 1 aliphatic rings. The van der Waals surface area contributed by atoms with E-state index < -0.39 is 0 Å². The standard InChI is InChI=1S/C21H23N3O3/c1-14(23-15(2)25)16-4-6-18(7-5-16)27-20-12-24(13-20)21-9-8-19(26-3)10-17(21)11-22/h4-10,14,20H,12-13H2,1-3H3,(H,23,25). The predicted octanol–water partition coefficient (Wildman–Crippen LogP) is 3.03. The van der Waals surface area contributed by atoms with Crippen LogP contribution in [0.15, 0.2) is 42.5 Å². The molecule has 6 nitrogen and oxygen atoms in total. The molecule has 3 rings (SSSR count). The zero-order chi connectivity index (χ0) is 19.4. The molecule has 0 aliphatic carbocycles. The van der Waals surface area contributed by atoms with E-state index in [1.165, 1.54) is 6.92 Å². The number of carbonyl (C=O) groups is 1. The Bertz CT molecular complexity index is 852. The summed E-state index contributed by atoms with van der Waals surface area (Å²) in [6.07, 6.45) is 0.0808. The van der Waals surface area contributed by atoms with Gasteiger partial charge < -0.3 is 19.7 Å². The first-order valence-electron chi connectivity index (χ1n) is 8.87. The molecule has 1 amide bonds. The maximum Gasteiger partial charge on any atom is 0.217 e. The maximum atomic E-state index is 11.1. The number of nitriles is 1. The van der Waals surface area contributed by atoms with Crippen LogP contribution in [-0.2, 0) is 4.79 Å². The molecule has 0 radical (unpaired) electrons. The molecule has 2 aromatic rings. The first-order valence-corrected chi connectivity index (χ1v) is 8.87. The predicted molar refractivity (Wildman–Crippen MR) is 103 cm³/mol. The molecule has 0 saturated carbocycles. The molecule has 6 heteroatoms. The van der Waals surface area contributed by atoms with Crippen molar-refractivity contribution >= 4 is 11.6 Å². The van der Waals surface area contributed by atoms with Gasteiger partial charge in [-0.2, -0.15) is 5.26 Å². The van der Waals surface area contributed by atoms with Crippen LogP contribution >= 0.6 is 0 Å². The quantitative estimate of drug-likeness (QED) is 0.852. The topological polar surface area (TPSA) is 74.6 Å². The van der Waals surface area contributed by atoms with E-state index in [1.54, 1.807) is 13.2 Å². The van der Waals surface area contributed by atoms with Gasteiger partial charge in [-0.3, -0.25) is 4.79 Å². The van der Waals surface area contributed by atoms with E-state index in [1.807, 2.05) is 43.3 Å². The summed E-state index contributed by atoms with van der Waals surface area (Å²) in [7, 11) is 1.59. The van der Waals surface area contributed by atoms with Gasteiger partial charge in [-0.05, 0) is 42.8 Å². The minimum absolute atomic E-state index is 0.0322. The van der Waals surface area contributed by atoms with Crippen LogP contribution in [-0.4, -0.2) is 32.2 Å². The molecule has 1 saturated heterocycles. The second-order valence-corrected chi connectivity index (χ2v) is 6.63. The van der Waals surface area contributed by atoms with Crippen molar-refractivity contribution < 1.29 is 14.3 Å². The number of nitrogens with zero attached hydrogens (tertiary/aromatic N) is 2. The van der Waals surface area contributed by atoms with Gasteiger partial charge in [0.05, 0.1) is 37.5 Å². The first-order chi connectivity index (χ1) is 13.0. The van der Waals surface area contributed by atoms with Crippen LogP contribution in [0, 0.1) is 11.3 Å². The van der Waals surface area contributed by atoms with Crippen LogP contribution in [0.5, 0.6) is 11.5 Å². The highest BCUT2D eigenvalue weighted by atomic mass is 16.5. The lowest BCUT2D eigenvalue weighted by Gasteiger charge is -2.41. The third kappa shape index (κ3) is 4.32. The molecule has 1 heterocycles. The number of methoxy groups -OCH3 is 1. The van der Waals surface area contributed by atoms with Crippen LogP contribution in [0.4, 0.5) is 5.69 Å². The lowest BCUT2D eigenvalue weighted by molar-refractivity contribution is -0.119. The molecule has 0 spiro atoms. The Morgan fingerprint density at radius 2 is 1.89 bits per heavy atom. The number of carbonyl (C=O) groups excluding carboxylic acids is 1. The SMILES string of the molecule is COc1ccc(N2CC(Oc3ccc(C(C)NC(C)=O)cc3)C2)c(C#N)c1. The van der Waals surface area contributed by atoms with E-state index in [9.17, 15) is 10.1 Å². The van der Waals surface area contributed by atoms with Crippen molar-refractivity contribution in [2.24, 2.45) is 0 Å². The van der Waals surface area contributed by atoms with E-state index in [0.29, 0.717) is 11.3 Å². The molecular formula is C21H23N3O3. The number of hydrogen-bond donors (Lipinski definition) is 1. The van der Waals surface area contributed by atoms with Crippen molar-refractivity contribution in [1.82, 2.24) is 5.32 Å². The van der Waals surface area contributed by atoms with Crippen LogP contribution < -0.4 is 19.7 Å². The van der Waals surface area contributed by atoms with Crippen molar-refractivity contribution in [3.8, 4) is 17.6 Å². The van der Waals surface area contributed by atoms with Gasteiger partial charge in [-0.1, -0.05) is 12.1 Å². The van der Waals surface area contributed by atoms with Crippen LogP contribution in [0.2, 0.25) is 0 Å². The lowest BCUT2D eigenvalue weighted by atomic mass is 10.1. The third-order valence-electron chi connectivity index (χ3n) is 4.62. The van der Waals surface area contributed by atoms with E-state index >= 15 is 0 Å². The van der Waals surface area contributed by atoms with Gasteiger partial charge in [0, 0.05) is 6.92 Å². The van der Waals surface area contributed by atoms with Crippen LogP contribution in [0.1, 0.15) is 31.0 Å². The average Bonchev–Trinajstić information content (AvgIpc) is 2.64. The summed E-state index contributed by atoms with van der Waals surface area (Å²) in [5, 5.41) is 12.2. The minimum Gasteiger partial charge on any atom is -0.497 e. The van der Waals surface area contributed by atoms with Gasteiger partial charge in [0.15, 0.2) is 0 Å². The molecule has 1 unspecified atom stereocenters. The highest BCUT2D eigenvalue weighted by Gasteiger charge is 2.30. The summed E-state index contributed by atoms with van der Waals surface area (Å²) in [6.45, 7) is 4.91. The Morgan fingerprint density at radius 1 is 1.22 bits per heavy atom. The van der Waals surface area contributed by atoms with E-state index in [0.717, 1.165) is 30.1 Å². The number of ether oxygens (including phenoxy) is 2. The summed E-state index contributed by atoms with van der Waals surface area (Å²) in [5.74, 6) is 1.43. The lowest BCUT2D eigenvalue weighted by Crippen LogP contribution is -2.54. The molecule has 1 atom stereocenters. The molecule has 1 N–H and O–H groups in total. The largest absolute Gasteiger partial charge is 0.497 e. The van der Waals surface area contributed by atoms with Gasteiger partial charge in [0.25, 0.3) is 0 Å². The van der Waals surface area contributed by atoms with Gasteiger partial charge in [0.1, 0.15) is 23.7 Å². The van der Waals surface area contributed by atoms with Gasteiger partial charge in [-0.15, -0.1) is 0 Å². The number of amides is 1. The molecular weight excluding hydrogens is 342 g/mol. The molecule has 27 heavy (non-hydrogen) atoms. The maximum absolute atomic E-state index is 11.1.